The molecule has 1 amide bonds. The van der Waals surface area contributed by atoms with Crippen LogP contribution in [0.2, 0.25) is 0 Å². The fourth-order valence-electron chi connectivity index (χ4n) is 6.03. The Bertz CT molecular complexity index is 2080. The van der Waals surface area contributed by atoms with Crippen LogP contribution in [-0.4, -0.2) is 20.4 Å². The van der Waals surface area contributed by atoms with E-state index in [1.165, 1.54) is 0 Å². The molecule has 2 aliphatic rings. The second-order valence-corrected chi connectivity index (χ2v) is 12.9. The standard InChI is InChI=1S/C38H34BrN5O4/c1-24-16-28(27-17-25-9-11-35(45)43-37(25)33(19-27)47-22-31-6-2-4-13-40-31)21-44(38(24)46)15-12-30-10-8-26-18-29(39)20-34(36(26)42-30)48-23-32-7-3-5-14-41-32/h2-7,12-14,16-21,42H,8-11,15,22-23H2,1H3,(H,43,45)/b30-12-. The summed E-state index contributed by atoms with van der Waals surface area (Å²) < 4.78 is 15.1. The predicted octanol–water partition coefficient (Wildman–Crippen LogP) is 7.36. The second kappa shape index (κ2) is 13.9. The van der Waals surface area contributed by atoms with E-state index in [1.807, 2.05) is 67.7 Å². The number of ether oxygens (including phenoxy) is 2. The number of hydrogen-bond acceptors (Lipinski definition) is 7. The first-order chi connectivity index (χ1) is 23.4. The van der Waals surface area contributed by atoms with Gasteiger partial charge in [0.15, 0.2) is 0 Å². The smallest absolute Gasteiger partial charge is 0.253 e. The Hall–Kier alpha value is -5.22. The monoisotopic (exact) mass is 703 g/mol. The molecule has 0 bridgehead atoms. The molecule has 0 unspecified atom stereocenters. The van der Waals surface area contributed by atoms with E-state index < -0.39 is 0 Å². The molecular weight excluding hydrogens is 670 g/mol. The highest BCUT2D eigenvalue weighted by Gasteiger charge is 2.22. The molecule has 5 aromatic rings. The lowest BCUT2D eigenvalue weighted by atomic mass is 9.96. The SMILES string of the molecule is Cc1cc(-c2cc3c(c(OCc4ccccn4)c2)NC(=O)CC3)cn(C/C=C2/CCc3cc(Br)cc(OCc4ccccn4)c3N2)c1=O. The van der Waals surface area contributed by atoms with Crippen molar-refractivity contribution in [2.45, 2.75) is 52.4 Å². The topological polar surface area (TPSA) is 107 Å². The summed E-state index contributed by atoms with van der Waals surface area (Å²) in [6.07, 6.45) is 10.1. The first kappa shape index (κ1) is 31.4. The molecule has 10 heteroatoms. The number of amides is 1. The van der Waals surface area contributed by atoms with Crippen LogP contribution in [0.3, 0.4) is 0 Å². The van der Waals surface area contributed by atoms with E-state index in [0.717, 1.165) is 68.1 Å². The maximum absolute atomic E-state index is 13.3. The summed E-state index contributed by atoms with van der Waals surface area (Å²) in [5.74, 6) is 1.29. The van der Waals surface area contributed by atoms with Crippen molar-refractivity contribution >= 4 is 33.2 Å². The molecule has 0 aliphatic carbocycles. The van der Waals surface area contributed by atoms with Gasteiger partial charge in [-0.15, -0.1) is 0 Å². The summed E-state index contributed by atoms with van der Waals surface area (Å²) in [6.45, 7) is 2.86. The average Bonchev–Trinajstić information content (AvgIpc) is 3.11. The molecule has 0 spiro atoms. The van der Waals surface area contributed by atoms with E-state index in [-0.39, 0.29) is 18.1 Å². The van der Waals surface area contributed by atoms with Crippen LogP contribution in [-0.2, 0) is 37.4 Å². The van der Waals surface area contributed by atoms with Gasteiger partial charge in [-0.3, -0.25) is 19.6 Å². The van der Waals surface area contributed by atoms with Crippen molar-refractivity contribution in [2.75, 3.05) is 10.6 Å². The number of nitrogens with one attached hydrogen (secondary N) is 2. The maximum atomic E-state index is 13.3. The summed E-state index contributed by atoms with van der Waals surface area (Å²) in [7, 11) is 0. The lowest BCUT2D eigenvalue weighted by Gasteiger charge is -2.24. The molecule has 9 nitrogen and oxygen atoms in total. The van der Waals surface area contributed by atoms with Gasteiger partial charge in [-0.05, 0) is 109 Å². The maximum Gasteiger partial charge on any atom is 0.253 e. The largest absolute Gasteiger partial charge is 0.485 e. The van der Waals surface area contributed by atoms with Gasteiger partial charge in [0.25, 0.3) is 5.56 Å². The van der Waals surface area contributed by atoms with Gasteiger partial charge >= 0.3 is 0 Å². The third-order valence-corrected chi connectivity index (χ3v) is 8.96. The van der Waals surface area contributed by atoms with Crippen molar-refractivity contribution in [3.05, 3.63) is 140 Å². The first-order valence-corrected chi connectivity index (χ1v) is 16.7. The number of halogens is 1. The highest BCUT2D eigenvalue weighted by atomic mass is 79.9. The molecule has 242 valence electrons. The van der Waals surface area contributed by atoms with Crippen LogP contribution in [0.25, 0.3) is 11.1 Å². The number of aromatic nitrogens is 3. The van der Waals surface area contributed by atoms with Gasteiger partial charge in [0.05, 0.1) is 22.8 Å². The number of benzene rings is 2. The van der Waals surface area contributed by atoms with E-state index in [2.05, 4.69) is 54.7 Å². The number of hydrogen-bond donors (Lipinski definition) is 2. The van der Waals surface area contributed by atoms with Gasteiger partial charge in [0, 0.05) is 47.3 Å². The van der Waals surface area contributed by atoms with Crippen molar-refractivity contribution in [1.29, 1.82) is 0 Å². The Morgan fingerprint density at radius 3 is 2.17 bits per heavy atom. The Balaban J connectivity index is 1.14. The minimum absolute atomic E-state index is 0.0335. The molecule has 0 fully saturated rings. The fraction of sp³-hybridized carbons (Fsp3) is 0.211. The third-order valence-electron chi connectivity index (χ3n) is 8.50. The number of fused-ring (bicyclic) bond motifs is 2. The van der Waals surface area contributed by atoms with Crippen LogP contribution >= 0.6 is 15.9 Å². The normalized spacial score (nSPS) is 14.5. The summed E-state index contributed by atoms with van der Waals surface area (Å²) in [6, 6.07) is 21.4. The predicted molar refractivity (Wildman–Crippen MR) is 189 cm³/mol. The third kappa shape index (κ3) is 7.03. The van der Waals surface area contributed by atoms with Crippen molar-refractivity contribution in [1.82, 2.24) is 14.5 Å². The molecule has 2 aliphatic heterocycles. The molecule has 0 saturated heterocycles. The van der Waals surface area contributed by atoms with Gasteiger partial charge in [-0.25, -0.2) is 0 Å². The van der Waals surface area contributed by atoms with Gasteiger partial charge < -0.3 is 24.7 Å². The Kier molecular flexibility index (Phi) is 9.07. The number of rotatable bonds is 9. The molecule has 0 atom stereocenters. The average molecular weight is 705 g/mol. The van der Waals surface area contributed by atoms with E-state index in [9.17, 15) is 9.59 Å². The minimum Gasteiger partial charge on any atom is -0.485 e. The highest BCUT2D eigenvalue weighted by Crippen LogP contribution is 2.39. The number of carbonyl (C=O) groups is 1. The summed E-state index contributed by atoms with van der Waals surface area (Å²) in [5.41, 5.74) is 8.85. The molecule has 3 aromatic heterocycles. The summed E-state index contributed by atoms with van der Waals surface area (Å²) in [4.78, 5) is 34.4. The van der Waals surface area contributed by atoms with Crippen molar-refractivity contribution in [2.24, 2.45) is 0 Å². The van der Waals surface area contributed by atoms with Crippen LogP contribution in [0.1, 0.15) is 40.9 Å². The summed E-state index contributed by atoms with van der Waals surface area (Å²) >= 11 is 3.63. The van der Waals surface area contributed by atoms with Gasteiger partial charge in [-0.1, -0.05) is 28.1 Å². The highest BCUT2D eigenvalue weighted by molar-refractivity contribution is 9.10. The molecule has 5 heterocycles. The van der Waals surface area contributed by atoms with Crippen molar-refractivity contribution in [3.8, 4) is 22.6 Å². The zero-order valence-electron chi connectivity index (χ0n) is 26.5. The molecule has 48 heavy (non-hydrogen) atoms. The number of aryl methyl sites for hydroxylation is 3. The van der Waals surface area contributed by atoms with Gasteiger partial charge in [0.2, 0.25) is 5.91 Å². The Morgan fingerprint density at radius 2 is 1.46 bits per heavy atom. The first-order valence-electron chi connectivity index (χ1n) is 15.9. The Morgan fingerprint density at radius 1 is 0.792 bits per heavy atom. The molecule has 2 aromatic carbocycles. The van der Waals surface area contributed by atoms with E-state index in [0.29, 0.717) is 43.0 Å². The lowest BCUT2D eigenvalue weighted by Crippen LogP contribution is -2.22. The second-order valence-electron chi connectivity index (χ2n) is 11.9. The number of allylic oxidation sites excluding steroid dienone is 2. The van der Waals surface area contributed by atoms with E-state index >= 15 is 0 Å². The van der Waals surface area contributed by atoms with Crippen molar-refractivity contribution in [3.63, 3.8) is 0 Å². The van der Waals surface area contributed by atoms with Crippen LogP contribution < -0.4 is 25.7 Å². The molecule has 0 saturated carbocycles. The van der Waals surface area contributed by atoms with Crippen LogP contribution in [0.4, 0.5) is 11.4 Å². The number of anilines is 2. The van der Waals surface area contributed by atoms with Gasteiger partial charge in [-0.2, -0.15) is 0 Å². The number of carbonyl (C=O) groups excluding carboxylic acids is 1. The quantitative estimate of drug-likeness (QED) is 0.165. The lowest BCUT2D eigenvalue weighted by molar-refractivity contribution is -0.116. The molecular formula is C38H34BrN5O4. The zero-order valence-corrected chi connectivity index (χ0v) is 28.0. The van der Waals surface area contributed by atoms with Gasteiger partial charge in [0.1, 0.15) is 24.7 Å². The zero-order chi connectivity index (χ0) is 33.0. The minimum atomic E-state index is -0.0491. The molecule has 7 rings (SSSR count). The van der Waals surface area contributed by atoms with Crippen LogP contribution in [0, 0.1) is 6.92 Å². The van der Waals surface area contributed by atoms with E-state index in [4.69, 9.17) is 9.47 Å². The Labute approximate surface area is 286 Å². The number of nitrogens with zero attached hydrogens (tertiary/aromatic N) is 3. The molecule has 2 N–H and O–H groups in total. The summed E-state index contributed by atoms with van der Waals surface area (Å²) in [5, 5.41) is 6.57. The van der Waals surface area contributed by atoms with Crippen LogP contribution in [0.5, 0.6) is 11.5 Å². The van der Waals surface area contributed by atoms with Crippen LogP contribution in [0.15, 0.2) is 106 Å². The number of pyridine rings is 3. The fourth-order valence-corrected chi connectivity index (χ4v) is 6.52. The molecule has 0 radical (unpaired) electrons. The van der Waals surface area contributed by atoms with E-state index in [1.54, 1.807) is 17.0 Å². The van der Waals surface area contributed by atoms with Crippen molar-refractivity contribution < 1.29 is 14.3 Å².